The molecule has 1 fully saturated rings. The zero-order chi connectivity index (χ0) is 14.9. The van der Waals surface area contributed by atoms with E-state index in [-0.39, 0.29) is 24.3 Å². The van der Waals surface area contributed by atoms with Crippen LogP contribution >= 0.6 is 12.4 Å². The van der Waals surface area contributed by atoms with Gasteiger partial charge >= 0.3 is 6.18 Å². The van der Waals surface area contributed by atoms with E-state index in [1.54, 1.807) is 10.9 Å². The van der Waals surface area contributed by atoms with Crippen molar-refractivity contribution in [3.8, 4) is 11.5 Å². The Labute approximate surface area is 131 Å². The molecule has 1 saturated heterocycles. The molecule has 122 valence electrons. The van der Waals surface area contributed by atoms with Crippen molar-refractivity contribution in [1.29, 1.82) is 0 Å². The van der Waals surface area contributed by atoms with E-state index in [1.165, 1.54) is 12.4 Å². The first-order valence-electron chi connectivity index (χ1n) is 6.74. The fourth-order valence-corrected chi connectivity index (χ4v) is 2.49. The van der Waals surface area contributed by atoms with Gasteiger partial charge in [0.25, 0.3) is 0 Å². The zero-order valence-electron chi connectivity index (χ0n) is 11.6. The van der Waals surface area contributed by atoms with Gasteiger partial charge in [-0.25, -0.2) is 9.67 Å². The van der Waals surface area contributed by atoms with Crippen molar-refractivity contribution < 1.29 is 13.2 Å². The first-order valence-corrected chi connectivity index (χ1v) is 6.74. The summed E-state index contributed by atoms with van der Waals surface area (Å²) in [6.45, 7) is 0.730. The molecule has 0 spiro atoms. The summed E-state index contributed by atoms with van der Waals surface area (Å²) < 4.78 is 40.3. The molecule has 0 radical (unpaired) electrons. The summed E-state index contributed by atoms with van der Waals surface area (Å²) in [5.74, 6) is 0.188. The highest BCUT2D eigenvalue weighted by molar-refractivity contribution is 5.85. The topological polar surface area (TPSA) is 60.6 Å². The molecule has 0 bridgehead atoms. The van der Waals surface area contributed by atoms with Gasteiger partial charge in [0.1, 0.15) is 12.2 Å². The minimum Gasteiger partial charge on any atom is -0.320 e. The molecule has 1 aliphatic rings. The summed E-state index contributed by atoms with van der Waals surface area (Å²) >= 11 is 0. The fourth-order valence-electron chi connectivity index (χ4n) is 2.49. The van der Waals surface area contributed by atoms with Crippen molar-refractivity contribution >= 4 is 12.4 Å². The van der Waals surface area contributed by atoms with Gasteiger partial charge in [0.15, 0.2) is 5.82 Å². The minimum absolute atomic E-state index is 0. The molecule has 0 saturated carbocycles. The molecule has 3 rings (SSSR count). The van der Waals surface area contributed by atoms with Gasteiger partial charge in [0.05, 0.1) is 12.2 Å². The summed E-state index contributed by atoms with van der Waals surface area (Å²) in [4.78, 5) is 3.96. The standard InChI is InChI=1S/C12H15F3N6.ClH/c13-12(14,15)8-20-6-5-17-11(20)10-7-21(19-18-10)9-1-3-16-4-2-9;/h5-7,9,16H,1-4,8H2;1H. The van der Waals surface area contributed by atoms with Crippen LogP contribution in [0, 0.1) is 0 Å². The van der Waals surface area contributed by atoms with Gasteiger partial charge in [0.2, 0.25) is 0 Å². The van der Waals surface area contributed by atoms with Crippen LogP contribution in [0.3, 0.4) is 0 Å². The van der Waals surface area contributed by atoms with E-state index in [1.807, 2.05) is 0 Å². The second-order valence-electron chi connectivity index (χ2n) is 5.06. The number of aromatic nitrogens is 5. The molecule has 3 heterocycles. The second kappa shape index (κ2) is 6.66. The largest absolute Gasteiger partial charge is 0.406 e. The van der Waals surface area contributed by atoms with Crippen molar-refractivity contribution in [1.82, 2.24) is 29.9 Å². The predicted molar refractivity (Wildman–Crippen MR) is 75.7 cm³/mol. The van der Waals surface area contributed by atoms with Crippen LogP contribution in [0.5, 0.6) is 0 Å². The number of hydrogen-bond acceptors (Lipinski definition) is 4. The maximum atomic E-state index is 12.5. The van der Waals surface area contributed by atoms with Gasteiger partial charge in [-0.2, -0.15) is 13.2 Å². The normalized spacial score (nSPS) is 16.5. The highest BCUT2D eigenvalue weighted by atomic mass is 35.5. The van der Waals surface area contributed by atoms with Crippen LogP contribution in [0.25, 0.3) is 11.5 Å². The SMILES string of the molecule is Cl.FC(F)(F)Cn1ccnc1-c1cn(C2CCNCC2)nn1. The van der Waals surface area contributed by atoms with Gasteiger partial charge in [-0.05, 0) is 25.9 Å². The Hall–Kier alpha value is -1.61. The van der Waals surface area contributed by atoms with Crippen molar-refractivity contribution in [3.05, 3.63) is 18.6 Å². The molecule has 0 amide bonds. The van der Waals surface area contributed by atoms with E-state index >= 15 is 0 Å². The second-order valence-corrected chi connectivity index (χ2v) is 5.06. The van der Waals surface area contributed by atoms with Crippen LogP contribution in [-0.2, 0) is 6.54 Å². The molecule has 6 nitrogen and oxygen atoms in total. The summed E-state index contributed by atoms with van der Waals surface area (Å²) in [5, 5.41) is 11.3. The van der Waals surface area contributed by atoms with Crippen LogP contribution < -0.4 is 5.32 Å². The molecule has 0 unspecified atom stereocenters. The van der Waals surface area contributed by atoms with E-state index < -0.39 is 12.7 Å². The third-order valence-corrected chi connectivity index (χ3v) is 3.49. The number of halogens is 4. The Morgan fingerprint density at radius 2 is 2.00 bits per heavy atom. The maximum Gasteiger partial charge on any atom is 0.406 e. The highest BCUT2D eigenvalue weighted by Gasteiger charge is 2.29. The lowest BCUT2D eigenvalue weighted by Crippen LogP contribution is -2.29. The average Bonchev–Trinajstić information content (AvgIpc) is 3.06. The Bertz CT molecular complexity index is 602. The summed E-state index contributed by atoms with van der Waals surface area (Å²) in [5.41, 5.74) is 0.364. The van der Waals surface area contributed by atoms with Gasteiger partial charge < -0.3 is 9.88 Å². The number of rotatable bonds is 3. The molecule has 22 heavy (non-hydrogen) atoms. The number of nitrogens with one attached hydrogen (secondary N) is 1. The third kappa shape index (κ3) is 3.77. The van der Waals surface area contributed by atoms with Crippen molar-refractivity contribution in [2.24, 2.45) is 0 Å². The maximum absolute atomic E-state index is 12.5. The fraction of sp³-hybridized carbons (Fsp3) is 0.583. The molecule has 1 N–H and O–H groups in total. The van der Waals surface area contributed by atoms with E-state index in [2.05, 4.69) is 20.6 Å². The van der Waals surface area contributed by atoms with Crippen molar-refractivity contribution in [2.75, 3.05) is 13.1 Å². The molecule has 10 heteroatoms. The van der Waals surface area contributed by atoms with Gasteiger partial charge in [-0.1, -0.05) is 5.21 Å². The minimum atomic E-state index is -4.29. The van der Waals surface area contributed by atoms with E-state index in [0.29, 0.717) is 5.69 Å². The van der Waals surface area contributed by atoms with Crippen LogP contribution in [0.15, 0.2) is 18.6 Å². The third-order valence-electron chi connectivity index (χ3n) is 3.49. The molecule has 1 aliphatic heterocycles. The van der Waals surface area contributed by atoms with Gasteiger partial charge in [-0.3, -0.25) is 0 Å². The predicted octanol–water partition coefficient (Wildman–Crippen LogP) is 2.05. The Morgan fingerprint density at radius 3 is 2.68 bits per heavy atom. The van der Waals surface area contributed by atoms with E-state index in [9.17, 15) is 13.2 Å². The summed E-state index contributed by atoms with van der Waals surface area (Å²) in [6.07, 6.45) is 1.88. The number of hydrogen-bond donors (Lipinski definition) is 1. The molecular weight excluding hydrogens is 321 g/mol. The van der Waals surface area contributed by atoms with Crippen molar-refractivity contribution in [3.63, 3.8) is 0 Å². The first kappa shape index (κ1) is 16.8. The molecule has 2 aromatic rings. The van der Waals surface area contributed by atoms with E-state index in [0.717, 1.165) is 30.5 Å². The lowest BCUT2D eigenvalue weighted by molar-refractivity contribution is -0.140. The highest BCUT2D eigenvalue weighted by Crippen LogP contribution is 2.23. The smallest absolute Gasteiger partial charge is 0.320 e. The number of nitrogens with zero attached hydrogens (tertiary/aromatic N) is 5. The molecule has 0 atom stereocenters. The summed E-state index contributed by atoms with van der Waals surface area (Å²) in [6, 6.07) is 0.235. The first-order chi connectivity index (χ1) is 10.0. The summed E-state index contributed by atoms with van der Waals surface area (Å²) in [7, 11) is 0. The van der Waals surface area contributed by atoms with Crippen LogP contribution in [0.2, 0.25) is 0 Å². The van der Waals surface area contributed by atoms with Crippen LogP contribution in [-0.4, -0.2) is 43.8 Å². The average molecular weight is 337 g/mol. The van der Waals surface area contributed by atoms with Crippen LogP contribution in [0.4, 0.5) is 13.2 Å². The number of imidazole rings is 1. The lowest BCUT2D eigenvalue weighted by atomic mass is 10.1. The number of piperidine rings is 1. The van der Waals surface area contributed by atoms with Gasteiger partial charge in [-0.15, -0.1) is 17.5 Å². The molecular formula is C12H16ClF3N6. The molecule has 2 aromatic heterocycles. The van der Waals surface area contributed by atoms with Crippen LogP contribution in [0.1, 0.15) is 18.9 Å². The quantitative estimate of drug-likeness (QED) is 0.932. The lowest BCUT2D eigenvalue weighted by Gasteiger charge is -2.22. The Kier molecular flexibility index (Phi) is 5.07. The van der Waals surface area contributed by atoms with E-state index in [4.69, 9.17) is 0 Å². The Balaban J connectivity index is 0.00000176. The van der Waals surface area contributed by atoms with Crippen molar-refractivity contribution in [2.45, 2.75) is 31.6 Å². The molecule has 0 aliphatic carbocycles. The monoisotopic (exact) mass is 336 g/mol. The molecule has 0 aromatic carbocycles. The Morgan fingerprint density at radius 1 is 1.27 bits per heavy atom. The number of alkyl halides is 3. The zero-order valence-corrected chi connectivity index (χ0v) is 12.4. The van der Waals surface area contributed by atoms with Gasteiger partial charge in [0, 0.05) is 12.4 Å².